The van der Waals surface area contributed by atoms with Gasteiger partial charge < -0.3 is 14.6 Å². The number of methoxy groups -OCH3 is 1. The third kappa shape index (κ3) is 3.08. The highest BCUT2D eigenvalue weighted by Crippen LogP contribution is 2.28. The molecule has 2 heterocycles. The number of benzene rings is 1. The topological polar surface area (TPSA) is 80.6 Å². The van der Waals surface area contributed by atoms with E-state index in [-0.39, 0.29) is 5.70 Å². The van der Waals surface area contributed by atoms with Gasteiger partial charge in [0.15, 0.2) is 0 Å². The Balaban J connectivity index is 1.99. The molecule has 1 saturated heterocycles. The van der Waals surface area contributed by atoms with Gasteiger partial charge in [-0.05, 0) is 25.5 Å². The van der Waals surface area contributed by atoms with Crippen molar-refractivity contribution < 1.29 is 19.1 Å². The summed E-state index contributed by atoms with van der Waals surface area (Å²) in [6, 6.07) is 7.59. The van der Waals surface area contributed by atoms with E-state index >= 15 is 0 Å². The molecule has 1 aliphatic rings. The molecule has 1 aromatic carbocycles. The van der Waals surface area contributed by atoms with Crippen LogP contribution in [0.15, 0.2) is 36.2 Å². The van der Waals surface area contributed by atoms with Crippen LogP contribution in [0.4, 0.5) is 4.79 Å². The lowest BCUT2D eigenvalue weighted by molar-refractivity contribution is -0.143. The van der Waals surface area contributed by atoms with E-state index in [0.29, 0.717) is 6.04 Å². The van der Waals surface area contributed by atoms with Crippen molar-refractivity contribution in [1.82, 2.24) is 14.8 Å². The first-order valence-corrected chi connectivity index (χ1v) is 8.47. The van der Waals surface area contributed by atoms with Crippen molar-refractivity contribution in [2.45, 2.75) is 26.3 Å². The lowest BCUT2D eigenvalue weighted by Crippen LogP contribution is -2.36. The van der Waals surface area contributed by atoms with Gasteiger partial charge in [-0.3, -0.25) is 9.59 Å². The predicted molar refractivity (Wildman–Crippen MR) is 97.2 cm³/mol. The van der Waals surface area contributed by atoms with Crippen LogP contribution >= 0.6 is 0 Å². The molecule has 0 unspecified atom stereocenters. The molecular weight excluding hydrogens is 334 g/mol. The van der Waals surface area contributed by atoms with Crippen molar-refractivity contribution in [2.24, 2.45) is 0 Å². The molecule has 1 aliphatic heterocycles. The molecule has 0 spiro atoms. The van der Waals surface area contributed by atoms with Gasteiger partial charge in [0, 0.05) is 28.7 Å². The molecule has 2 aromatic rings. The van der Waals surface area contributed by atoms with E-state index in [9.17, 15) is 14.4 Å². The average molecular weight is 355 g/mol. The van der Waals surface area contributed by atoms with E-state index in [4.69, 9.17) is 0 Å². The number of esters is 1. The summed E-state index contributed by atoms with van der Waals surface area (Å²) in [6.45, 7) is 3.83. The fraction of sp³-hybridized carbons (Fsp3) is 0.316. The Morgan fingerprint density at radius 3 is 2.73 bits per heavy atom. The zero-order valence-corrected chi connectivity index (χ0v) is 15.0. The Morgan fingerprint density at radius 2 is 2.04 bits per heavy atom. The number of carbonyl (C=O) groups is 3. The van der Waals surface area contributed by atoms with Gasteiger partial charge in [0.2, 0.25) is 0 Å². The lowest BCUT2D eigenvalue weighted by atomic mass is 10.1. The Bertz CT molecular complexity index is 913. The minimum absolute atomic E-state index is 0.144. The standard InChI is InChI=1S/C19H21N3O4/c1-4-12(2)21-10-13(14-7-5-6-8-16(14)21)9-15-18(24)22(19(25)20-15)11-17(23)26-3/h5-10,12H,4,11H2,1-3H3,(H,20,25)/b15-9+/t12-/m1/s1. The highest BCUT2D eigenvalue weighted by Gasteiger charge is 2.35. The summed E-state index contributed by atoms with van der Waals surface area (Å²) < 4.78 is 6.69. The van der Waals surface area contributed by atoms with Gasteiger partial charge >= 0.3 is 12.0 Å². The number of hydrogen-bond donors (Lipinski definition) is 1. The second-order valence-electron chi connectivity index (χ2n) is 6.22. The van der Waals surface area contributed by atoms with Crippen LogP contribution in [0.5, 0.6) is 0 Å². The third-order valence-corrected chi connectivity index (χ3v) is 4.61. The molecule has 0 radical (unpaired) electrons. The number of hydrogen-bond acceptors (Lipinski definition) is 4. The highest BCUT2D eigenvalue weighted by molar-refractivity contribution is 6.15. The Labute approximate surface area is 151 Å². The zero-order chi connectivity index (χ0) is 18.8. The number of carbonyl (C=O) groups excluding carboxylic acids is 3. The summed E-state index contributed by atoms with van der Waals surface area (Å²) in [5.41, 5.74) is 2.05. The molecule has 7 nitrogen and oxygen atoms in total. The molecule has 136 valence electrons. The van der Waals surface area contributed by atoms with Crippen LogP contribution in [-0.4, -0.2) is 41.0 Å². The number of nitrogens with zero attached hydrogens (tertiary/aromatic N) is 2. The minimum Gasteiger partial charge on any atom is -0.468 e. The fourth-order valence-electron chi connectivity index (χ4n) is 2.97. The fourth-order valence-corrected chi connectivity index (χ4v) is 2.97. The van der Waals surface area contributed by atoms with Gasteiger partial charge in [-0.15, -0.1) is 0 Å². The zero-order valence-electron chi connectivity index (χ0n) is 15.0. The van der Waals surface area contributed by atoms with Gasteiger partial charge in [-0.25, -0.2) is 9.69 Å². The van der Waals surface area contributed by atoms with Crippen LogP contribution in [-0.2, 0) is 14.3 Å². The van der Waals surface area contributed by atoms with Crippen molar-refractivity contribution in [3.63, 3.8) is 0 Å². The maximum Gasteiger partial charge on any atom is 0.329 e. The second-order valence-corrected chi connectivity index (χ2v) is 6.22. The first kappa shape index (κ1) is 17.7. The van der Waals surface area contributed by atoms with Gasteiger partial charge in [-0.1, -0.05) is 25.1 Å². The largest absolute Gasteiger partial charge is 0.468 e. The maximum absolute atomic E-state index is 12.5. The number of para-hydroxylation sites is 1. The number of imide groups is 1. The first-order valence-electron chi connectivity index (χ1n) is 8.47. The van der Waals surface area contributed by atoms with Crippen LogP contribution < -0.4 is 5.32 Å². The summed E-state index contributed by atoms with van der Waals surface area (Å²) in [5.74, 6) is -1.19. The molecular formula is C19H21N3O4. The molecule has 26 heavy (non-hydrogen) atoms. The second kappa shape index (κ2) is 7.03. The van der Waals surface area contributed by atoms with Crippen LogP contribution in [0.25, 0.3) is 17.0 Å². The summed E-state index contributed by atoms with van der Waals surface area (Å²) >= 11 is 0. The number of ether oxygens (including phenoxy) is 1. The Hall–Kier alpha value is -3.09. The molecule has 7 heteroatoms. The molecule has 0 aliphatic carbocycles. The summed E-state index contributed by atoms with van der Waals surface area (Å²) in [5, 5.41) is 3.52. The van der Waals surface area contributed by atoms with Crippen molar-refractivity contribution in [3.05, 3.63) is 41.7 Å². The van der Waals surface area contributed by atoms with E-state index in [1.54, 1.807) is 6.08 Å². The minimum atomic E-state index is -0.650. The summed E-state index contributed by atoms with van der Waals surface area (Å²) in [7, 11) is 1.21. The number of amides is 3. The maximum atomic E-state index is 12.5. The van der Waals surface area contributed by atoms with E-state index < -0.39 is 24.5 Å². The molecule has 1 N–H and O–H groups in total. The predicted octanol–water partition coefficient (Wildman–Crippen LogP) is 2.68. The Kier molecular flexibility index (Phi) is 4.79. The van der Waals surface area contributed by atoms with E-state index in [1.165, 1.54) is 7.11 Å². The van der Waals surface area contributed by atoms with Crippen LogP contribution in [0, 0.1) is 0 Å². The molecule has 1 fully saturated rings. The SMILES string of the molecule is CC[C@@H](C)n1cc(/C=C2/NC(=O)N(CC(=O)OC)C2=O)c2ccccc21. The van der Waals surface area contributed by atoms with Gasteiger partial charge in [-0.2, -0.15) is 0 Å². The van der Waals surface area contributed by atoms with Crippen LogP contribution in [0.3, 0.4) is 0 Å². The normalized spacial score (nSPS) is 17.0. The number of rotatable bonds is 5. The van der Waals surface area contributed by atoms with Crippen LogP contribution in [0.2, 0.25) is 0 Å². The molecule has 1 atom stereocenters. The summed E-state index contributed by atoms with van der Waals surface area (Å²) in [6.07, 6.45) is 4.60. The van der Waals surface area contributed by atoms with E-state index in [1.807, 2.05) is 30.5 Å². The lowest BCUT2D eigenvalue weighted by Gasteiger charge is -2.12. The number of nitrogens with one attached hydrogen (secondary N) is 1. The van der Waals surface area contributed by atoms with Gasteiger partial charge in [0.25, 0.3) is 5.91 Å². The smallest absolute Gasteiger partial charge is 0.329 e. The van der Waals surface area contributed by atoms with Gasteiger partial charge in [0.1, 0.15) is 12.2 Å². The first-order chi connectivity index (χ1) is 12.5. The monoisotopic (exact) mass is 355 g/mol. The molecule has 0 saturated carbocycles. The highest BCUT2D eigenvalue weighted by atomic mass is 16.5. The van der Waals surface area contributed by atoms with Gasteiger partial charge in [0.05, 0.1) is 7.11 Å². The number of urea groups is 1. The average Bonchev–Trinajstić information content (AvgIpc) is 3.14. The van der Waals surface area contributed by atoms with E-state index in [0.717, 1.165) is 27.8 Å². The van der Waals surface area contributed by atoms with Crippen LogP contribution in [0.1, 0.15) is 31.9 Å². The molecule has 3 rings (SSSR count). The molecule has 1 aromatic heterocycles. The third-order valence-electron chi connectivity index (χ3n) is 4.61. The van der Waals surface area contributed by atoms with Crippen molar-refractivity contribution >= 4 is 34.9 Å². The molecule has 3 amide bonds. The number of aromatic nitrogens is 1. The van der Waals surface area contributed by atoms with Crippen molar-refractivity contribution in [3.8, 4) is 0 Å². The number of fused-ring (bicyclic) bond motifs is 1. The molecule has 0 bridgehead atoms. The van der Waals surface area contributed by atoms with E-state index in [2.05, 4.69) is 28.5 Å². The Morgan fingerprint density at radius 1 is 1.31 bits per heavy atom. The van der Waals surface area contributed by atoms with Crippen molar-refractivity contribution in [1.29, 1.82) is 0 Å². The quantitative estimate of drug-likeness (QED) is 0.508. The van der Waals surface area contributed by atoms with Crippen molar-refractivity contribution in [2.75, 3.05) is 13.7 Å². The summed E-state index contributed by atoms with van der Waals surface area (Å²) in [4.78, 5) is 36.7.